The van der Waals surface area contributed by atoms with E-state index in [2.05, 4.69) is 38.9 Å². The Balaban J connectivity index is 1.71. The third-order valence-electron chi connectivity index (χ3n) is 4.50. The maximum absolute atomic E-state index is 12.4. The quantitative estimate of drug-likeness (QED) is 0.792. The molecule has 128 valence electrons. The number of benzene rings is 2. The molecule has 0 saturated carbocycles. The van der Waals surface area contributed by atoms with Gasteiger partial charge in [0.05, 0.1) is 5.75 Å². The Morgan fingerprint density at radius 1 is 1.04 bits per heavy atom. The van der Waals surface area contributed by atoms with E-state index in [4.69, 9.17) is 0 Å². The zero-order valence-electron chi connectivity index (χ0n) is 13.8. The number of rotatable bonds is 5. The van der Waals surface area contributed by atoms with Crippen molar-refractivity contribution in [2.45, 2.75) is 44.4 Å². The summed E-state index contributed by atoms with van der Waals surface area (Å²) >= 11 is 3.36. The zero-order chi connectivity index (χ0) is 17.2. The van der Waals surface area contributed by atoms with E-state index in [1.165, 1.54) is 24.0 Å². The minimum absolute atomic E-state index is 0.00440. The van der Waals surface area contributed by atoms with Crippen LogP contribution in [0.15, 0.2) is 46.9 Å². The molecule has 3 rings (SSSR count). The molecule has 0 aliphatic heterocycles. The molecule has 1 aliphatic carbocycles. The highest BCUT2D eigenvalue weighted by Gasteiger charge is 2.18. The highest BCUT2D eigenvalue weighted by atomic mass is 79.9. The van der Waals surface area contributed by atoms with Crippen LogP contribution in [0.4, 0.5) is 0 Å². The molecule has 0 unspecified atom stereocenters. The van der Waals surface area contributed by atoms with Crippen LogP contribution in [0.3, 0.4) is 0 Å². The van der Waals surface area contributed by atoms with Crippen molar-refractivity contribution in [3.8, 4) is 0 Å². The molecule has 0 amide bonds. The Morgan fingerprint density at radius 2 is 1.71 bits per heavy atom. The predicted octanol–water partition coefficient (Wildman–Crippen LogP) is 4.51. The molecule has 24 heavy (non-hydrogen) atoms. The molecular formula is C19H22BrNO2S. The van der Waals surface area contributed by atoms with Crippen LogP contribution in [0, 0.1) is 0 Å². The standard InChI is InChI=1S/C19H22BrNO2S/c1-14(17-9-8-16-4-2-3-5-18(16)12-17)21-24(22,23)13-15-6-10-19(20)11-7-15/h6-12,14,21H,2-5,13H2,1H3/t14-/m1/s1. The molecule has 3 nitrogen and oxygen atoms in total. The largest absolute Gasteiger partial charge is 0.216 e. The van der Waals surface area contributed by atoms with Gasteiger partial charge in [-0.1, -0.05) is 46.3 Å². The number of fused-ring (bicyclic) bond motifs is 1. The first-order valence-electron chi connectivity index (χ1n) is 8.29. The molecule has 0 aromatic heterocycles. The summed E-state index contributed by atoms with van der Waals surface area (Å²) in [4.78, 5) is 0. The molecule has 1 N–H and O–H groups in total. The summed E-state index contributed by atoms with van der Waals surface area (Å²) in [6.45, 7) is 1.91. The zero-order valence-corrected chi connectivity index (χ0v) is 16.2. The van der Waals surface area contributed by atoms with E-state index in [1.807, 2.05) is 31.2 Å². The van der Waals surface area contributed by atoms with E-state index in [9.17, 15) is 8.42 Å². The van der Waals surface area contributed by atoms with E-state index >= 15 is 0 Å². The van der Waals surface area contributed by atoms with Crippen molar-refractivity contribution in [3.63, 3.8) is 0 Å². The van der Waals surface area contributed by atoms with Gasteiger partial charge in [0.1, 0.15) is 0 Å². The smallest absolute Gasteiger partial charge is 0.212 e. The van der Waals surface area contributed by atoms with E-state index in [0.29, 0.717) is 0 Å². The minimum Gasteiger partial charge on any atom is -0.212 e. The molecule has 0 fully saturated rings. The topological polar surface area (TPSA) is 46.2 Å². The van der Waals surface area contributed by atoms with E-state index in [-0.39, 0.29) is 11.8 Å². The fourth-order valence-corrected chi connectivity index (χ4v) is 4.86. The number of aryl methyl sites for hydroxylation is 2. The Labute approximate surface area is 152 Å². The summed E-state index contributed by atoms with van der Waals surface area (Å²) in [5, 5.41) is 0. The predicted molar refractivity (Wildman–Crippen MR) is 101 cm³/mol. The van der Waals surface area contributed by atoms with Crippen LogP contribution in [-0.4, -0.2) is 8.42 Å². The van der Waals surface area contributed by atoms with Gasteiger partial charge in [0, 0.05) is 10.5 Å². The Kier molecular flexibility index (Phi) is 5.42. The van der Waals surface area contributed by atoms with Crippen molar-refractivity contribution >= 4 is 26.0 Å². The normalized spacial score (nSPS) is 15.8. The minimum atomic E-state index is -3.38. The summed E-state index contributed by atoms with van der Waals surface area (Å²) in [6, 6.07) is 13.5. The van der Waals surface area contributed by atoms with E-state index in [1.54, 1.807) is 0 Å². The van der Waals surface area contributed by atoms with Crippen LogP contribution in [0.1, 0.15) is 48.1 Å². The van der Waals surface area contributed by atoms with Crippen molar-refractivity contribution < 1.29 is 8.42 Å². The second kappa shape index (κ2) is 7.38. The van der Waals surface area contributed by atoms with Crippen LogP contribution in [0.25, 0.3) is 0 Å². The average Bonchev–Trinajstić information content (AvgIpc) is 2.56. The summed E-state index contributed by atoms with van der Waals surface area (Å²) in [5.74, 6) is -0.00440. The van der Waals surface area contributed by atoms with E-state index < -0.39 is 10.0 Å². The molecule has 2 aromatic carbocycles. The number of sulfonamides is 1. The van der Waals surface area contributed by atoms with Gasteiger partial charge in [-0.25, -0.2) is 13.1 Å². The van der Waals surface area contributed by atoms with Gasteiger partial charge in [0.2, 0.25) is 10.0 Å². The lowest BCUT2D eigenvalue weighted by Gasteiger charge is -2.20. The molecular weight excluding hydrogens is 386 g/mol. The molecule has 0 bridgehead atoms. The summed E-state index contributed by atoms with van der Waals surface area (Å²) in [5.41, 5.74) is 4.60. The van der Waals surface area contributed by atoms with Crippen LogP contribution in [-0.2, 0) is 28.6 Å². The molecule has 1 atom stereocenters. The highest BCUT2D eigenvalue weighted by Crippen LogP contribution is 2.25. The average molecular weight is 408 g/mol. The molecule has 0 heterocycles. The molecule has 0 radical (unpaired) electrons. The number of halogens is 1. The first-order chi connectivity index (χ1) is 11.4. The number of nitrogens with one attached hydrogen (secondary N) is 1. The van der Waals surface area contributed by atoms with Crippen molar-refractivity contribution in [3.05, 3.63) is 69.2 Å². The van der Waals surface area contributed by atoms with Gasteiger partial charge >= 0.3 is 0 Å². The Bertz CT molecular complexity index is 816. The van der Waals surface area contributed by atoms with Gasteiger partial charge in [-0.15, -0.1) is 0 Å². The Morgan fingerprint density at radius 3 is 2.42 bits per heavy atom. The van der Waals surface area contributed by atoms with Crippen LogP contribution >= 0.6 is 15.9 Å². The lowest BCUT2D eigenvalue weighted by Crippen LogP contribution is -2.28. The number of hydrogen-bond donors (Lipinski definition) is 1. The molecule has 5 heteroatoms. The monoisotopic (exact) mass is 407 g/mol. The second-order valence-corrected chi connectivity index (χ2v) is 9.13. The third-order valence-corrected chi connectivity index (χ3v) is 6.45. The van der Waals surface area contributed by atoms with Crippen molar-refractivity contribution in [2.75, 3.05) is 0 Å². The molecule has 1 aliphatic rings. The molecule has 0 spiro atoms. The van der Waals surface area contributed by atoms with Crippen molar-refractivity contribution in [1.29, 1.82) is 0 Å². The van der Waals surface area contributed by atoms with Gasteiger partial charge < -0.3 is 0 Å². The fraction of sp³-hybridized carbons (Fsp3) is 0.368. The van der Waals surface area contributed by atoms with Crippen LogP contribution in [0.5, 0.6) is 0 Å². The lowest BCUT2D eigenvalue weighted by atomic mass is 9.89. The van der Waals surface area contributed by atoms with Crippen molar-refractivity contribution in [1.82, 2.24) is 4.72 Å². The highest BCUT2D eigenvalue weighted by molar-refractivity contribution is 9.10. The van der Waals surface area contributed by atoms with Gasteiger partial charge in [-0.3, -0.25) is 0 Å². The second-order valence-electron chi connectivity index (χ2n) is 6.46. The van der Waals surface area contributed by atoms with Gasteiger partial charge in [0.15, 0.2) is 0 Å². The number of hydrogen-bond acceptors (Lipinski definition) is 2. The van der Waals surface area contributed by atoms with Crippen molar-refractivity contribution in [2.24, 2.45) is 0 Å². The van der Waals surface area contributed by atoms with Crippen LogP contribution in [0.2, 0.25) is 0 Å². The lowest BCUT2D eigenvalue weighted by molar-refractivity contribution is 0.565. The van der Waals surface area contributed by atoms with Crippen LogP contribution < -0.4 is 4.72 Å². The molecule has 0 saturated heterocycles. The first kappa shape index (κ1) is 17.6. The summed E-state index contributed by atoms with van der Waals surface area (Å²) < 4.78 is 28.6. The van der Waals surface area contributed by atoms with E-state index in [0.717, 1.165) is 28.4 Å². The summed E-state index contributed by atoms with van der Waals surface area (Å²) in [6.07, 6.45) is 4.71. The third kappa shape index (κ3) is 4.47. The maximum atomic E-state index is 12.4. The molecule has 2 aromatic rings. The van der Waals surface area contributed by atoms with Gasteiger partial charge in [-0.2, -0.15) is 0 Å². The van der Waals surface area contributed by atoms with Gasteiger partial charge in [-0.05, 0) is 67.0 Å². The summed E-state index contributed by atoms with van der Waals surface area (Å²) in [7, 11) is -3.38. The maximum Gasteiger partial charge on any atom is 0.216 e. The Hall–Kier alpha value is -1.17. The SMILES string of the molecule is C[C@@H](NS(=O)(=O)Cc1ccc(Br)cc1)c1ccc2c(c1)CCCC2. The fourth-order valence-electron chi connectivity index (χ4n) is 3.20. The van der Waals surface area contributed by atoms with Gasteiger partial charge in [0.25, 0.3) is 0 Å². The first-order valence-corrected chi connectivity index (χ1v) is 10.7.